The van der Waals surface area contributed by atoms with Crippen LogP contribution in [0.4, 0.5) is 0 Å². The number of likely N-dealkylation sites (N-methyl/N-ethyl adjacent to an activating group) is 1. The van der Waals surface area contributed by atoms with E-state index in [0.717, 1.165) is 28.8 Å². The fourth-order valence-corrected chi connectivity index (χ4v) is 3.95. The Morgan fingerprint density at radius 1 is 0.815 bits per heavy atom. The highest BCUT2D eigenvalue weighted by Gasteiger charge is 2.25. The summed E-state index contributed by atoms with van der Waals surface area (Å²) in [5.74, 6) is 0.169. The van der Waals surface area contributed by atoms with Crippen molar-refractivity contribution >= 4 is 41.5 Å². The zero-order chi connectivity index (χ0) is 19.2. The number of nitrogens with zero attached hydrogens (tertiary/aromatic N) is 1. The summed E-state index contributed by atoms with van der Waals surface area (Å²) < 4.78 is 0. The molecule has 0 saturated carbocycles. The zero-order valence-corrected chi connectivity index (χ0v) is 17.7. The molecule has 3 rings (SSSR count). The Kier molecular flexibility index (Phi) is 7.00. The van der Waals surface area contributed by atoms with Crippen LogP contribution in [-0.2, 0) is 4.79 Å². The van der Waals surface area contributed by atoms with Gasteiger partial charge in [-0.05, 0) is 66.6 Å². The maximum Gasteiger partial charge on any atom is 0.187 e. The second kappa shape index (κ2) is 9.45. The molecule has 2 nitrogen and oxygen atoms in total. The van der Waals surface area contributed by atoms with Gasteiger partial charge in [-0.15, -0.1) is 23.5 Å². The molecule has 2 aromatic carbocycles. The van der Waals surface area contributed by atoms with Gasteiger partial charge in [-0.3, -0.25) is 9.69 Å². The van der Waals surface area contributed by atoms with E-state index in [1.165, 1.54) is 9.79 Å². The third-order valence-electron chi connectivity index (χ3n) is 4.73. The highest BCUT2D eigenvalue weighted by atomic mass is 32.2. The molecule has 27 heavy (non-hydrogen) atoms. The molecule has 0 radical (unpaired) electrons. The molecule has 0 unspecified atom stereocenters. The van der Waals surface area contributed by atoms with E-state index in [2.05, 4.69) is 72.9 Å². The Labute approximate surface area is 170 Å². The van der Waals surface area contributed by atoms with Crippen LogP contribution in [0.3, 0.4) is 0 Å². The van der Waals surface area contributed by atoms with Gasteiger partial charge in [0, 0.05) is 34.0 Å². The lowest BCUT2D eigenvalue weighted by Gasteiger charge is -2.28. The summed E-state index contributed by atoms with van der Waals surface area (Å²) in [7, 11) is 0. The number of carbonyl (C=O) groups is 1. The van der Waals surface area contributed by atoms with E-state index < -0.39 is 0 Å². The highest BCUT2D eigenvalue weighted by Crippen LogP contribution is 2.24. The number of likely N-dealkylation sites (tertiary alicyclic amines) is 1. The third kappa shape index (κ3) is 5.16. The number of benzene rings is 2. The standard InChI is InChI=1S/C23H25NOS2/c1-4-24-15-19(13-17-5-9-21(26-2)10-6-17)23(25)20(16-24)14-18-7-11-22(27-3)12-8-18/h5-14H,4,15-16H2,1-3H3/b19-13-,20-14+. The lowest BCUT2D eigenvalue weighted by Crippen LogP contribution is -2.37. The summed E-state index contributed by atoms with van der Waals surface area (Å²) >= 11 is 3.45. The molecule has 0 amide bonds. The Hall–Kier alpha value is -1.75. The van der Waals surface area contributed by atoms with Gasteiger partial charge in [0.25, 0.3) is 0 Å². The average Bonchev–Trinajstić information content (AvgIpc) is 2.72. The smallest absolute Gasteiger partial charge is 0.187 e. The van der Waals surface area contributed by atoms with E-state index in [1.54, 1.807) is 23.5 Å². The Balaban J connectivity index is 1.89. The maximum atomic E-state index is 13.1. The van der Waals surface area contributed by atoms with Gasteiger partial charge >= 0.3 is 0 Å². The number of piperidine rings is 1. The monoisotopic (exact) mass is 395 g/mol. The molecule has 1 saturated heterocycles. The van der Waals surface area contributed by atoms with Gasteiger partial charge in [-0.25, -0.2) is 0 Å². The molecule has 1 heterocycles. The zero-order valence-electron chi connectivity index (χ0n) is 16.1. The highest BCUT2D eigenvalue weighted by molar-refractivity contribution is 7.98. The molecule has 1 fully saturated rings. The first-order valence-corrected chi connectivity index (χ1v) is 11.5. The molecule has 1 aliphatic rings. The summed E-state index contributed by atoms with van der Waals surface area (Å²) in [6, 6.07) is 16.8. The number of hydrogen-bond acceptors (Lipinski definition) is 4. The molecule has 0 bridgehead atoms. The van der Waals surface area contributed by atoms with Crippen LogP contribution in [0.1, 0.15) is 18.1 Å². The minimum absolute atomic E-state index is 0.169. The van der Waals surface area contributed by atoms with Gasteiger partial charge in [0.15, 0.2) is 5.78 Å². The van der Waals surface area contributed by atoms with Crippen LogP contribution < -0.4 is 0 Å². The lowest BCUT2D eigenvalue weighted by molar-refractivity contribution is -0.113. The fraction of sp³-hybridized carbons (Fsp3) is 0.261. The molecular formula is C23H25NOS2. The average molecular weight is 396 g/mol. The lowest BCUT2D eigenvalue weighted by atomic mass is 9.94. The Morgan fingerprint density at radius 3 is 1.56 bits per heavy atom. The summed E-state index contributed by atoms with van der Waals surface area (Å²) in [6.45, 7) is 4.50. The van der Waals surface area contributed by atoms with Gasteiger partial charge in [-0.2, -0.15) is 0 Å². The number of hydrogen-bond donors (Lipinski definition) is 0. The van der Waals surface area contributed by atoms with Gasteiger partial charge < -0.3 is 0 Å². The molecule has 0 aromatic heterocycles. The Morgan fingerprint density at radius 2 is 1.22 bits per heavy atom. The summed E-state index contributed by atoms with van der Waals surface area (Å²) in [5.41, 5.74) is 3.90. The Bertz CT molecular complexity index is 781. The topological polar surface area (TPSA) is 20.3 Å². The van der Waals surface area contributed by atoms with E-state index in [9.17, 15) is 4.79 Å². The van der Waals surface area contributed by atoms with Crippen molar-refractivity contribution in [3.05, 3.63) is 70.8 Å². The first-order chi connectivity index (χ1) is 13.1. The summed E-state index contributed by atoms with van der Waals surface area (Å²) in [6.07, 6.45) is 8.22. The van der Waals surface area contributed by atoms with Crippen LogP contribution in [-0.4, -0.2) is 42.8 Å². The minimum atomic E-state index is 0.169. The van der Waals surface area contributed by atoms with E-state index in [0.29, 0.717) is 13.1 Å². The maximum absolute atomic E-state index is 13.1. The van der Waals surface area contributed by atoms with Crippen molar-refractivity contribution in [3.8, 4) is 0 Å². The molecule has 0 aliphatic carbocycles. The third-order valence-corrected chi connectivity index (χ3v) is 6.22. The SMILES string of the molecule is CCN1C/C(=C/c2ccc(SC)cc2)C(=O)/C(=C/c2ccc(SC)cc2)C1. The molecule has 140 valence electrons. The van der Waals surface area contributed by atoms with Gasteiger partial charge in [0.2, 0.25) is 0 Å². The van der Waals surface area contributed by atoms with Crippen molar-refractivity contribution < 1.29 is 4.79 Å². The molecule has 1 aliphatic heterocycles. The van der Waals surface area contributed by atoms with Gasteiger partial charge in [-0.1, -0.05) is 31.2 Å². The summed E-state index contributed by atoms with van der Waals surface area (Å²) in [4.78, 5) is 17.8. The first kappa shape index (κ1) is 20.0. The molecule has 0 atom stereocenters. The molecule has 2 aromatic rings. The van der Waals surface area contributed by atoms with Crippen molar-refractivity contribution in [2.24, 2.45) is 0 Å². The van der Waals surface area contributed by atoms with Crippen molar-refractivity contribution in [3.63, 3.8) is 0 Å². The van der Waals surface area contributed by atoms with Crippen LogP contribution in [0.25, 0.3) is 12.2 Å². The normalized spacial score (nSPS) is 18.4. The fourth-order valence-electron chi connectivity index (χ4n) is 3.14. The van der Waals surface area contributed by atoms with Crippen LogP contribution in [0.15, 0.2) is 69.5 Å². The van der Waals surface area contributed by atoms with E-state index in [4.69, 9.17) is 0 Å². The molecule has 0 N–H and O–H groups in total. The van der Waals surface area contributed by atoms with Crippen molar-refractivity contribution in [1.29, 1.82) is 0 Å². The second-order valence-electron chi connectivity index (χ2n) is 6.52. The van der Waals surface area contributed by atoms with Crippen LogP contribution >= 0.6 is 23.5 Å². The van der Waals surface area contributed by atoms with Gasteiger partial charge in [0.05, 0.1) is 0 Å². The first-order valence-electron chi connectivity index (χ1n) is 9.09. The number of Topliss-reactive ketones (excluding diaryl/α,β-unsaturated/α-hetero) is 1. The van der Waals surface area contributed by atoms with Crippen molar-refractivity contribution in [2.75, 3.05) is 32.1 Å². The van der Waals surface area contributed by atoms with Crippen molar-refractivity contribution in [2.45, 2.75) is 16.7 Å². The number of ketones is 1. The van der Waals surface area contributed by atoms with Crippen LogP contribution in [0.2, 0.25) is 0 Å². The summed E-state index contributed by atoms with van der Waals surface area (Å²) in [5, 5.41) is 0. The van der Waals surface area contributed by atoms with Crippen molar-refractivity contribution in [1.82, 2.24) is 4.90 Å². The second-order valence-corrected chi connectivity index (χ2v) is 8.28. The minimum Gasteiger partial charge on any atom is -0.295 e. The van der Waals surface area contributed by atoms with Gasteiger partial charge in [0.1, 0.15) is 0 Å². The van der Waals surface area contributed by atoms with E-state index in [1.807, 2.05) is 12.2 Å². The quantitative estimate of drug-likeness (QED) is 0.492. The van der Waals surface area contributed by atoms with E-state index >= 15 is 0 Å². The predicted octanol–water partition coefficient (Wildman–Crippen LogP) is 5.50. The number of carbonyl (C=O) groups excluding carboxylic acids is 1. The molecule has 0 spiro atoms. The number of rotatable bonds is 5. The van der Waals surface area contributed by atoms with E-state index in [-0.39, 0.29) is 5.78 Å². The molecule has 4 heteroatoms. The van der Waals surface area contributed by atoms with Crippen LogP contribution in [0.5, 0.6) is 0 Å². The largest absolute Gasteiger partial charge is 0.295 e. The predicted molar refractivity (Wildman–Crippen MR) is 120 cm³/mol. The number of thioether (sulfide) groups is 2. The van der Waals surface area contributed by atoms with Crippen LogP contribution in [0, 0.1) is 0 Å². The molecular weight excluding hydrogens is 370 g/mol.